The van der Waals surface area contributed by atoms with Gasteiger partial charge in [-0.05, 0) is 32.9 Å². The molecule has 1 nitrogen and oxygen atoms in total. The Morgan fingerprint density at radius 2 is 1.72 bits per heavy atom. The molecule has 1 aliphatic rings. The Labute approximate surface area is 111 Å². The molecule has 0 radical (unpaired) electrons. The molecular formula is C17H22O. The average Bonchev–Trinajstić information content (AvgIpc) is 2.76. The molecule has 1 aliphatic carbocycles. The van der Waals surface area contributed by atoms with E-state index in [0.717, 1.165) is 5.56 Å². The van der Waals surface area contributed by atoms with Crippen LogP contribution in [-0.4, -0.2) is 11.7 Å². The lowest BCUT2D eigenvalue weighted by atomic mass is 10.1. The molecule has 18 heavy (non-hydrogen) atoms. The summed E-state index contributed by atoms with van der Waals surface area (Å²) in [5, 5.41) is 0. The smallest absolute Gasteiger partial charge is 0.0789 e. The van der Waals surface area contributed by atoms with Crippen molar-refractivity contribution >= 4 is 0 Å². The molecule has 0 N–H and O–H groups in total. The number of ether oxygens (including phenoxy) is 1. The van der Waals surface area contributed by atoms with Crippen LogP contribution >= 0.6 is 0 Å². The van der Waals surface area contributed by atoms with Gasteiger partial charge in [0.2, 0.25) is 0 Å². The van der Waals surface area contributed by atoms with E-state index in [0.29, 0.717) is 5.92 Å². The Morgan fingerprint density at radius 1 is 1.11 bits per heavy atom. The van der Waals surface area contributed by atoms with E-state index in [1.807, 2.05) is 30.3 Å². The van der Waals surface area contributed by atoms with Gasteiger partial charge >= 0.3 is 0 Å². The van der Waals surface area contributed by atoms with Crippen molar-refractivity contribution in [2.24, 2.45) is 11.3 Å². The SMILES string of the molecule is CC(C)(C)OC1C(C#Cc2ccccc2)C1(C)C. The minimum Gasteiger partial charge on any atom is -0.371 e. The molecule has 0 spiro atoms. The highest BCUT2D eigenvalue weighted by Crippen LogP contribution is 2.55. The fourth-order valence-electron chi connectivity index (χ4n) is 2.14. The summed E-state index contributed by atoms with van der Waals surface area (Å²) in [6.07, 6.45) is 0.258. The minimum atomic E-state index is -0.0921. The molecule has 1 fully saturated rings. The summed E-state index contributed by atoms with van der Waals surface area (Å²) in [6, 6.07) is 10.1. The molecule has 1 saturated carbocycles. The lowest BCUT2D eigenvalue weighted by Crippen LogP contribution is -2.22. The van der Waals surface area contributed by atoms with Crippen molar-refractivity contribution in [3.8, 4) is 11.8 Å². The third-order valence-corrected chi connectivity index (χ3v) is 3.35. The molecule has 2 rings (SSSR count). The van der Waals surface area contributed by atoms with Gasteiger partial charge in [0.1, 0.15) is 0 Å². The molecule has 0 amide bonds. The van der Waals surface area contributed by atoms with Gasteiger partial charge in [-0.1, -0.05) is 43.9 Å². The quantitative estimate of drug-likeness (QED) is 0.679. The second kappa shape index (κ2) is 4.44. The van der Waals surface area contributed by atoms with Crippen LogP contribution in [-0.2, 0) is 4.74 Å². The van der Waals surface area contributed by atoms with E-state index in [9.17, 15) is 0 Å². The van der Waals surface area contributed by atoms with Gasteiger partial charge in [0.15, 0.2) is 0 Å². The van der Waals surface area contributed by atoms with Gasteiger partial charge in [0, 0.05) is 11.0 Å². The molecule has 1 heteroatoms. The van der Waals surface area contributed by atoms with E-state index in [-0.39, 0.29) is 17.1 Å². The third-order valence-electron chi connectivity index (χ3n) is 3.35. The van der Waals surface area contributed by atoms with Gasteiger partial charge in [0.25, 0.3) is 0 Å². The van der Waals surface area contributed by atoms with Gasteiger partial charge in [0.05, 0.1) is 17.6 Å². The van der Waals surface area contributed by atoms with E-state index in [1.54, 1.807) is 0 Å². The van der Waals surface area contributed by atoms with Crippen LogP contribution in [0.15, 0.2) is 30.3 Å². The topological polar surface area (TPSA) is 9.23 Å². The van der Waals surface area contributed by atoms with Crippen LogP contribution in [0.25, 0.3) is 0 Å². The Hall–Kier alpha value is -1.26. The van der Waals surface area contributed by atoms with Crippen LogP contribution in [0.1, 0.15) is 40.2 Å². The number of hydrogen-bond acceptors (Lipinski definition) is 1. The highest BCUT2D eigenvalue weighted by atomic mass is 16.5. The van der Waals surface area contributed by atoms with Crippen molar-refractivity contribution in [3.05, 3.63) is 35.9 Å². The van der Waals surface area contributed by atoms with Crippen molar-refractivity contribution in [1.29, 1.82) is 0 Å². The first-order valence-corrected chi connectivity index (χ1v) is 6.55. The van der Waals surface area contributed by atoms with Gasteiger partial charge < -0.3 is 4.74 Å². The second-order valence-corrected chi connectivity index (χ2v) is 6.59. The molecule has 0 bridgehead atoms. The number of hydrogen-bond donors (Lipinski definition) is 0. The van der Waals surface area contributed by atoms with Crippen LogP contribution in [0.4, 0.5) is 0 Å². The maximum absolute atomic E-state index is 6.06. The number of benzene rings is 1. The molecule has 1 aromatic carbocycles. The van der Waals surface area contributed by atoms with Crippen molar-refractivity contribution in [3.63, 3.8) is 0 Å². The molecule has 2 unspecified atom stereocenters. The Balaban J connectivity index is 2.06. The van der Waals surface area contributed by atoms with Crippen molar-refractivity contribution < 1.29 is 4.74 Å². The maximum Gasteiger partial charge on any atom is 0.0789 e. The zero-order valence-corrected chi connectivity index (χ0v) is 11.9. The third kappa shape index (κ3) is 2.94. The molecule has 1 aromatic rings. The maximum atomic E-state index is 6.06. The summed E-state index contributed by atoms with van der Waals surface area (Å²) in [7, 11) is 0. The van der Waals surface area contributed by atoms with Gasteiger partial charge in [-0.2, -0.15) is 0 Å². The van der Waals surface area contributed by atoms with Crippen molar-refractivity contribution in [2.75, 3.05) is 0 Å². The van der Waals surface area contributed by atoms with Crippen LogP contribution in [0.5, 0.6) is 0 Å². The zero-order chi connectivity index (χ0) is 13.4. The highest BCUT2D eigenvalue weighted by Gasteiger charge is 2.59. The predicted octanol–water partition coefficient (Wildman–Crippen LogP) is 3.88. The predicted molar refractivity (Wildman–Crippen MR) is 75.2 cm³/mol. The van der Waals surface area contributed by atoms with Crippen LogP contribution in [0.2, 0.25) is 0 Å². The van der Waals surface area contributed by atoms with Crippen LogP contribution < -0.4 is 0 Å². The molecule has 0 aliphatic heterocycles. The summed E-state index contributed by atoms with van der Waals surface area (Å²) in [4.78, 5) is 0. The molecule has 0 heterocycles. The van der Waals surface area contributed by atoms with Gasteiger partial charge in [-0.15, -0.1) is 0 Å². The largest absolute Gasteiger partial charge is 0.371 e. The summed E-state index contributed by atoms with van der Waals surface area (Å²) < 4.78 is 6.06. The summed E-state index contributed by atoms with van der Waals surface area (Å²) in [5.41, 5.74) is 1.16. The fourth-order valence-corrected chi connectivity index (χ4v) is 2.14. The molecular weight excluding hydrogens is 220 g/mol. The average molecular weight is 242 g/mol. The molecule has 0 aromatic heterocycles. The second-order valence-electron chi connectivity index (χ2n) is 6.59. The van der Waals surface area contributed by atoms with Crippen LogP contribution in [0, 0.1) is 23.2 Å². The first-order valence-electron chi connectivity index (χ1n) is 6.55. The standard InChI is InChI=1S/C17H22O/c1-16(2,3)18-15-14(17(15,4)5)12-11-13-9-7-6-8-10-13/h6-10,14-15H,1-5H3. The lowest BCUT2D eigenvalue weighted by Gasteiger charge is -2.20. The normalized spacial score (nSPS) is 25.2. The Kier molecular flexibility index (Phi) is 3.25. The van der Waals surface area contributed by atoms with E-state index < -0.39 is 0 Å². The summed E-state index contributed by atoms with van der Waals surface area (Å²) in [6.45, 7) is 10.8. The fraction of sp³-hybridized carbons (Fsp3) is 0.529. The lowest BCUT2D eigenvalue weighted by molar-refractivity contribution is -0.0310. The zero-order valence-electron chi connectivity index (χ0n) is 11.9. The van der Waals surface area contributed by atoms with Crippen molar-refractivity contribution in [1.82, 2.24) is 0 Å². The van der Waals surface area contributed by atoms with E-state index in [2.05, 4.69) is 46.5 Å². The van der Waals surface area contributed by atoms with E-state index in [1.165, 1.54) is 0 Å². The Bertz CT molecular complexity index is 468. The highest BCUT2D eigenvalue weighted by molar-refractivity contribution is 5.37. The molecule has 2 atom stereocenters. The Morgan fingerprint density at radius 3 is 2.28 bits per heavy atom. The van der Waals surface area contributed by atoms with Gasteiger partial charge in [-0.25, -0.2) is 0 Å². The van der Waals surface area contributed by atoms with Gasteiger partial charge in [-0.3, -0.25) is 0 Å². The minimum absolute atomic E-state index is 0.0921. The first kappa shape index (κ1) is 13.2. The molecule has 96 valence electrons. The van der Waals surface area contributed by atoms with E-state index in [4.69, 9.17) is 4.74 Å². The number of rotatable bonds is 1. The van der Waals surface area contributed by atoms with E-state index >= 15 is 0 Å². The van der Waals surface area contributed by atoms with Crippen LogP contribution in [0.3, 0.4) is 0 Å². The first-order chi connectivity index (χ1) is 8.31. The summed E-state index contributed by atoms with van der Waals surface area (Å²) >= 11 is 0. The molecule has 0 saturated heterocycles. The van der Waals surface area contributed by atoms with Crippen molar-refractivity contribution in [2.45, 2.75) is 46.3 Å². The monoisotopic (exact) mass is 242 g/mol. The summed E-state index contributed by atoms with van der Waals surface area (Å²) in [5.74, 6) is 6.95.